The molecule has 39 heteroatoms. The Kier molecular flexibility index (Phi) is 27.4. The number of nitro benzene ring substituents is 5. The Morgan fingerprint density at radius 1 is 0.542 bits per heavy atom. The van der Waals surface area contributed by atoms with Gasteiger partial charge in [-0.3, -0.25) is 69.8 Å². The number of anilines is 1. The number of H-pyrrole nitrogens is 1. The molecule has 522 valence electrons. The van der Waals surface area contributed by atoms with Gasteiger partial charge in [0.25, 0.3) is 5.91 Å². The van der Waals surface area contributed by atoms with Crippen LogP contribution in [0.5, 0.6) is 34.5 Å². The number of nitrogen functional groups attached to an aromatic ring is 1. The predicted octanol–water partition coefficient (Wildman–Crippen LogP) is 9.20. The molecule has 96 heavy (non-hydrogen) atoms. The molecule has 0 saturated heterocycles. The van der Waals surface area contributed by atoms with Crippen LogP contribution in [0.4, 0.5) is 34.1 Å². The Hall–Kier alpha value is -13.3. The molecule has 9 rings (SSSR count). The Morgan fingerprint density at radius 2 is 0.865 bits per heavy atom. The van der Waals surface area contributed by atoms with E-state index >= 15 is 0 Å². The summed E-state index contributed by atoms with van der Waals surface area (Å²) < 4.78 is 125. The Balaban J connectivity index is -0.000000399. The first kappa shape index (κ1) is 62.8. The number of nitrogens with one attached hydrogen (secondary N) is 1. The highest BCUT2D eigenvalue weighted by molar-refractivity contribution is 5.97. The molecule has 9 aromatic rings. The molecule has 39 nitrogen and oxygen atoms in total. The monoisotopic (exact) mass is 1370 g/mol. The molecule has 13 N–H and O–H groups in total. The highest BCUT2D eigenvalue weighted by Gasteiger charge is 2.25. The van der Waals surface area contributed by atoms with Crippen LogP contribution in [0.1, 0.15) is 90.1 Å². The van der Waals surface area contributed by atoms with E-state index in [9.17, 15) is 80.3 Å². The largest absolute Gasteiger partial charge is 0.502 e. The van der Waals surface area contributed by atoms with E-state index in [0.717, 1.165) is 44.6 Å². The van der Waals surface area contributed by atoms with Crippen LogP contribution in [-0.2, 0) is 23.6 Å². The number of nitro groups is 5. The summed E-state index contributed by atoms with van der Waals surface area (Å²) in [6, 6.07) is 23.8. The molecule has 6 aromatic carbocycles. The van der Waals surface area contributed by atoms with Gasteiger partial charge in [-0.25, -0.2) is 24.5 Å². The number of hydrogen-bond donors (Lipinski definition) is 7. The summed E-state index contributed by atoms with van der Waals surface area (Å²) in [6.45, 7) is 0. The number of primary amides is 1. The number of hydrogen-bond acceptors (Lipinski definition) is 29. The number of aromatic hydroxyl groups is 3. The van der Waals surface area contributed by atoms with Gasteiger partial charge in [-0.2, -0.15) is 15.3 Å². The molecule has 0 saturated carbocycles. The minimum Gasteiger partial charge on any atom is -0.502 e. The van der Waals surface area contributed by atoms with Gasteiger partial charge in [0.15, 0.2) is 23.2 Å². The van der Waals surface area contributed by atoms with Gasteiger partial charge in [-0.05, 0) is 42.5 Å². The van der Waals surface area contributed by atoms with E-state index in [1.807, 2.05) is 0 Å². The molecule has 0 fully saturated rings. The van der Waals surface area contributed by atoms with Gasteiger partial charge in [0.1, 0.15) is 30.1 Å². The summed E-state index contributed by atoms with van der Waals surface area (Å²) in [5.41, 5.74) is 8.41. The number of nitrogens with zero attached hydrogens (tertiary/aromatic N) is 13. The summed E-state index contributed by atoms with van der Waals surface area (Å²) in [4.78, 5) is 93.6. The van der Waals surface area contributed by atoms with E-state index < -0.39 is 124 Å². The molecule has 0 spiro atoms. The molecular weight excluding hydrogens is 1270 g/mol. The fraction of sp³-hybridized carbons (Fsp3) is 0.211. The van der Waals surface area contributed by atoms with Crippen LogP contribution in [0.3, 0.4) is 0 Å². The number of ether oxygens (including phenoxy) is 5. The molecular formula is C57H77N17O22. The molecule has 0 bridgehead atoms. The van der Waals surface area contributed by atoms with Crippen molar-refractivity contribution in [3.63, 3.8) is 0 Å². The van der Waals surface area contributed by atoms with Crippen LogP contribution in [0.15, 0.2) is 128 Å². The van der Waals surface area contributed by atoms with Crippen LogP contribution in [-0.4, -0.2) is 143 Å². The van der Waals surface area contributed by atoms with Gasteiger partial charge in [-0.1, -0.05) is 73.4 Å². The van der Waals surface area contributed by atoms with E-state index in [0.29, 0.717) is 11.4 Å². The fourth-order valence-electron chi connectivity index (χ4n) is 6.80. The SMILES string of the molecule is C.C.C.COC(=O)c1cccc([N+](=O)[O-])c1O.COC(=O)c1cccc([N+](=O)[O-])c1O.N.NC(=O)c1cccc([N+](=O)[O-])c1O.O.[2H]C([2H])([2H])Oc1c(-c2ncn(C)n2)cccc1[N+](=O)[O-].[2H]C([2H])([2H])Oc1c(-c2ncn[nH]2)cccc1[N+](=O)[O-].[2H]C([2H])([2H])Oc1c(N)cccc1-c1ncn(C)n1.[2H]C([2H])[2H].[2H]C([2H])[2H].[HH]. The second-order valence-corrected chi connectivity index (χ2v) is 16.3. The summed E-state index contributed by atoms with van der Waals surface area (Å²) in [5.74, 6) is -4.55. The molecule has 1 amide bonds. The smallest absolute Gasteiger partial charge is 0.341 e. The number of aryl methyl sites for hydroxylation is 2. The first-order valence-corrected chi connectivity index (χ1v) is 23.7. The third-order valence-electron chi connectivity index (χ3n) is 10.8. The number of rotatable bonds is 14. The number of benzene rings is 6. The number of phenols is 3. The quantitative estimate of drug-likeness (QED) is 0.0231. The average Bonchev–Trinajstić information content (AvgIpc) is 1.43. The summed E-state index contributed by atoms with van der Waals surface area (Å²) in [7, 11) is -5.43. The van der Waals surface area contributed by atoms with Crippen molar-refractivity contribution >= 4 is 52.0 Å². The predicted molar refractivity (Wildman–Crippen MR) is 352 cm³/mol. The van der Waals surface area contributed by atoms with Gasteiger partial charge < -0.3 is 62.1 Å². The van der Waals surface area contributed by atoms with E-state index in [1.165, 1.54) is 89.0 Å². The minimum absolute atomic E-state index is 0. The Bertz CT molecular complexity index is 4400. The fourth-order valence-corrected chi connectivity index (χ4v) is 6.80. The van der Waals surface area contributed by atoms with Crippen molar-refractivity contribution in [2.24, 2.45) is 19.8 Å². The van der Waals surface area contributed by atoms with Crippen LogP contribution in [0.25, 0.3) is 34.2 Å². The number of aromatic amines is 1. The van der Waals surface area contributed by atoms with Crippen molar-refractivity contribution in [3.05, 3.63) is 195 Å². The van der Waals surface area contributed by atoms with Crippen LogP contribution >= 0.6 is 0 Å². The highest BCUT2D eigenvalue weighted by Crippen LogP contribution is 2.38. The minimum atomic E-state index is -2.81. The van der Waals surface area contributed by atoms with Crippen molar-refractivity contribution in [3.8, 4) is 68.7 Å². The summed E-state index contributed by atoms with van der Waals surface area (Å²) in [5, 5.41) is 95.0. The maximum atomic E-state index is 11.0. The van der Waals surface area contributed by atoms with Crippen LogP contribution in [0.2, 0.25) is 0 Å². The lowest BCUT2D eigenvalue weighted by Crippen LogP contribution is -2.11. The summed E-state index contributed by atoms with van der Waals surface area (Å²) >= 11 is 0. The first-order chi connectivity index (χ1) is 49.2. The number of phenolic OH excluding ortho intramolecular Hbond substituents is 2. The number of nitrogens with two attached hydrogens (primary N) is 2. The van der Waals surface area contributed by atoms with Gasteiger partial charge in [0, 0.05) is 54.1 Å². The number of aromatic nitrogens is 9. The van der Waals surface area contributed by atoms with E-state index in [-0.39, 0.29) is 97.7 Å². The zero-order valence-corrected chi connectivity index (χ0v) is 48.1. The number of methoxy groups -OCH3 is 5. The second-order valence-electron chi connectivity index (χ2n) is 16.3. The van der Waals surface area contributed by atoms with Gasteiger partial charge >= 0.3 is 40.4 Å². The zero-order chi connectivity index (χ0) is 80.9. The van der Waals surface area contributed by atoms with E-state index in [4.69, 9.17) is 46.2 Å². The normalized spacial score (nSPS) is 11.8. The lowest BCUT2D eigenvalue weighted by Gasteiger charge is -2.07. The number of carbonyl (C=O) groups is 3. The maximum absolute atomic E-state index is 11.0. The zero-order valence-electron chi connectivity index (χ0n) is 63.1. The molecule has 3 aromatic heterocycles. The van der Waals surface area contributed by atoms with Crippen LogP contribution < -0.4 is 31.8 Å². The first-order valence-electron chi connectivity index (χ1n) is 31.6. The highest BCUT2D eigenvalue weighted by atomic mass is 16.6. The number of amides is 1. The summed E-state index contributed by atoms with van der Waals surface area (Å²) in [6.07, 6.45) is 4.11. The van der Waals surface area contributed by atoms with Gasteiger partial charge in [0.05, 0.1) is 100 Å². The molecule has 0 aliphatic carbocycles. The topological polar surface area (TPSA) is 595 Å². The number of carbonyl (C=O) groups excluding carboxylic acids is 3. The van der Waals surface area contributed by atoms with E-state index in [2.05, 4.69) is 44.8 Å². The third-order valence-corrected chi connectivity index (χ3v) is 10.8. The van der Waals surface area contributed by atoms with Crippen molar-refractivity contribution < 1.29 is 105 Å². The third kappa shape index (κ3) is 22.9. The Labute approximate surface area is 569 Å². The number of esters is 2. The van der Waals surface area contributed by atoms with E-state index in [1.54, 1.807) is 32.3 Å². The lowest BCUT2D eigenvalue weighted by atomic mass is 10.1. The van der Waals surface area contributed by atoms with Crippen molar-refractivity contribution in [1.29, 1.82) is 0 Å². The molecule has 0 unspecified atom stereocenters. The van der Waals surface area contributed by atoms with Crippen molar-refractivity contribution in [2.75, 3.05) is 41.1 Å². The second kappa shape index (κ2) is 41.9. The van der Waals surface area contributed by atoms with Crippen LogP contribution in [0, 0.1) is 50.6 Å². The molecule has 3 heterocycles. The lowest BCUT2D eigenvalue weighted by molar-refractivity contribution is -0.386. The molecule has 0 radical (unpaired) electrons. The maximum Gasteiger partial charge on any atom is 0.341 e. The number of para-hydroxylation sites is 6. The standard InChI is InChI=1S/C10H10N4O3.C10H12N4O.C9H8N4O3.2C8H7NO5.C7H6N2O4.5CH4.H3N.H2O.H2/c1-13-6-11-10(12-13)7-4-3-5-8(14(15)16)9(7)17-2;1-14-6-12-10(13-14)7-4-3-5-8(11)9(7)15-2;1-16-8-6(9-10-5-11-12-9)3-2-4-7(8)13(14)15;2*1-14-8(11)5-3-2-4-6(7(5)10)9(12)13;8-7(11)4-2-1-3-5(6(4)10)9(12)13;;;;;;;;/h3-6H,1-2H3;3-6H,11H2,1-2H3;2-5H,1H3,(H,10,11,12);2*2-4,10H,1H3;1-3,10H,(H2,8,11);5*1H4;1H3;1H2;1H/i2*2D3;1D3;;;;2*1D3;;;;;;. The Morgan fingerprint density at radius 3 is 1.20 bits per heavy atom. The molecule has 0 atom stereocenters. The molecule has 0 aliphatic rings. The molecule has 0 aliphatic heterocycles. The van der Waals surface area contributed by atoms with Crippen molar-refractivity contribution in [1.82, 2.24) is 50.9 Å². The average molecular weight is 1370 g/mol. The van der Waals surface area contributed by atoms with Gasteiger partial charge in [0.2, 0.25) is 28.7 Å². The van der Waals surface area contributed by atoms with Crippen molar-refractivity contribution in [2.45, 2.75) is 37.0 Å². The van der Waals surface area contributed by atoms with Gasteiger partial charge in [-0.15, -0.1) is 0 Å².